The van der Waals surface area contributed by atoms with E-state index in [9.17, 15) is 4.79 Å². The molecule has 0 spiro atoms. The molecule has 0 bridgehead atoms. The minimum absolute atomic E-state index is 0.142. The van der Waals surface area contributed by atoms with Crippen molar-refractivity contribution in [3.05, 3.63) is 0 Å². The molecule has 120 valence electrons. The van der Waals surface area contributed by atoms with Gasteiger partial charge in [0.2, 0.25) is 5.91 Å². The van der Waals surface area contributed by atoms with E-state index in [0.717, 1.165) is 45.4 Å². The molecule has 1 heterocycles. The van der Waals surface area contributed by atoms with Gasteiger partial charge < -0.3 is 11.1 Å². The second-order valence-electron chi connectivity index (χ2n) is 7.23. The fourth-order valence-corrected chi connectivity index (χ4v) is 4.20. The first-order valence-electron chi connectivity index (χ1n) is 8.60. The number of carbonyl (C=O) groups excluding carboxylic acids is 1. The zero-order chi connectivity index (χ0) is 15.0. The van der Waals surface area contributed by atoms with E-state index >= 15 is 0 Å². The predicted molar refractivity (Wildman–Crippen MR) is 84.0 cm³/mol. The number of nitrogens with one attached hydrogen (secondary N) is 1. The summed E-state index contributed by atoms with van der Waals surface area (Å²) >= 11 is 0. The second kappa shape index (κ2) is 5.86. The Kier molecular flexibility index (Phi) is 4.26. The molecule has 3 unspecified atom stereocenters. The van der Waals surface area contributed by atoms with E-state index in [1.807, 2.05) is 0 Å². The van der Waals surface area contributed by atoms with Crippen LogP contribution in [0.5, 0.6) is 0 Å². The third-order valence-corrected chi connectivity index (χ3v) is 5.74. The molecule has 21 heavy (non-hydrogen) atoms. The van der Waals surface area contributed by atoms with Gasteiger partial charge in [0, 0.05) is 37.8 Å². The average molecular weight is 294 g/mol. The lowest BCUT2D eigenvalue weighted by molar-refractivity contribution is -0.124. The van der Waals surface area contributed by atoms with Crippen molar-refractivity contribution in [2.75, 3.05) is 26.2 Å². The van der Waals surface area contributed by atoms with Gasteiger partial charge in [-0.3, -0.25) is 14.6 Å². The van der Waals surface area contributed by atoms with E-state index in [-0.39, 0.29) is 5.91 Å². The minimum Gasteiger partial charge on any atom is -0.368 e. The van der Waals surface area contributed by atoms with Crippen LogP contribution < -0.4 is 11.1 Å². The molecule has 5 heteroatoms. The Morgan fingerprint density at radius 2 is 2.10 bits per heavy atom. The standard InChI is InChI=1S/C16H30N4O/c1-3-19-8-9-20(11-12(19)2)14-6-7-16(10-14,15(17)21)18-13-4-5-13/h12-14,18H,3-11H2,1-2H3,(H2,17,21). The number of primary amides is 1. The molecule has 0 radical (unpaired) electrons. The Hall–Kier alpha value is -0.650. The summed E-state index contributed by atoms with van der Waals surface area (Å²) in [4.78, 5) is 17.1. The summed E-state index contributed by atoms with van der Waals surface area (Å²) in [6.07, 6.45) is 5.31. The van der Waals surface area contributed by atoms with Crippen molar-refractivity contribution in [1.29, 1.82) is 0 Å². The molecule has 3 fully saturated rings. The zero-order valence-electron chi connectivity index (χ0n) is 13.5. The number of rotatable bonds is 5. The highest BCUT2D eigenvalue weighted by atomic mass is 16.1. The van der Waals surface area contributed by atoms with Gasteiger partial charge in [-0.2, -0.15) is 0 Å². The van der Waals surface area contributed by atoms with Gasteiger partial charge in [0.15, 0.2) is 0 Å². The van der Waals surface area contributed by atoms with Crippen LogP contribution in [0, 0.1) is 0 Å². The molecule has 0 aromatic rings. The van der Waals surface area contributed by atoms with Gasteiger partial charge in [0.1, 0.15) is 0 Å². The summed E-state index contributed by atoms with van der Waals surface area (Å²) in [7, 11) is 0. The quantitative estimate of drug-likeness (QED) is 0.777. The lowest BCUT2D eigenvalue weighted by Gasteiger charge is -2.42. The van der Waals surface area contributed by atoms with Gasteiger partial charge in [0.25, 0.3) is 0 Å². The van der Waals surface area contributed by atoms with Gasteiger partial charge in [-0.25, -0.2) is 0 Å². The third kappa shape index (κ3) is 3.10. The van der Waals surface area contributed by atoms with Crippen LogP contribution in [0.3, 0.4) is 0 Å². The molecule has 3 atom stereocenters. The number of piperazine rings is 1. The van der Waals surface area contributed by atoms with E-state index in [0.29, 0.717) is 18.1 Å². The number of amides is 1. The smallest absolute Gasteiger partial charge is 0.237 e. The fraction of sp³-hybridized carbons (Fsp3) is 0.938. The first-order chi connectivity index (χ1) is 10.0. The van der Waals surface area contributed by atoms with Crippen LogP contribution >= 0.6 is 0 Å². The van der Waals surface area contributed by atoms with Gasteiger partial charge in [-0.1, -0.05) is 6.92 Å². The molecule has 3 N–H and O–H groups in total. The molecule has 0 aromatic heterocycles. The molecule has 3 rings (SSSR count). The van der Waals surface area contributed by atoms with Crippen molar-refractivity contribution in [2.24, 2.45) is 5.73 Å². The molecule has 1 aliphatic heterocycles. The van der Waals surface area contributed by atoms with Crippen molar-refractivity contribution in [1.82, 2.24) is 15.1 Å². The summed E-state index contributed by atoms with van der Waals surface area (Å²) in [6, 6.07) is 1.67. The van der Waals surface area contributed by atoms with E-state index in [1.54, 1.807) is 0 Å². The number of likely N-dealkylation sites (N-methyl/N-ethyl adjacent to an activating group) is 1. The first kappa shape index (κ1) is 15.3. The van der Waals surface area contributed by atoms with E-state index in [4.69, 9.17) is 5.73 Å². The van der Waals surface area contributed by atoms with Crippen molar-refractivity contribution >= 4 is 5.91 Å². The maximum Gasteiger partial charge on any atom is 0.237 e. The lowest BCUT2D eigenvalue weighted by Crippen LogP contribution is -2.57. The number of nitrogens with two attached hydrogens (primary N) is 1. The van der Waals surface area contributed by atoms with Crippen LogP contribution in [0.15, 0.2) is 0 Å². The molecule has 0 aromatic carbocycles. The van der Waals surface area contributed by atoms with Crippen LogP contribution in [0.1, 0.15) is 46.0 Å². The molecule has 2 aliphatic carbocycles. The van der Waals surface area contributed by atoms with Crippen molar-refractivity contribution in [3.8, 4) is 0 Å². The van der Waals surface area contributed by atoms with Gasteiger partial charge in [-0.15, -0.1) is 0 Å². The Bertz CT molecular complexity index is 398. The summed E-state index contributed by atoms with van der Waals surface area (Å²) in [6.45, 7) is 9.08. The number of nitrogens with zero attached hydrogens (tertiary/aromatic N) is 2. The average Bonchev–Trinajstić information content (AvgIpc) is 3.15. The van der Waals surface area contributed by atoms with Crippen molar-refractivity contribution in [2.45, 2.75) is 69.6 Å². The van der Waals surface area contributed by atoms with Gasteiger partial charge in [0.05, 0.1) is 5.54 Å². The monoisotopic (exact) mass is 294 g/mol. The first-order valence-corrected chi connectivity index (χ1v) is 8.60. The fourth-order valence-electron chi connectivity index (χ4n) is 4.20. The maximum absolute atomic E-state index is 12.0. The molecule has 3 aliphatic rings. The molecule has 1 amide bonds. The lowest BCUT2D eigenvalue weighted by atomic mass is 9.95. The van der Waals surface area contributed by atoms with Crippen LogP contribution in [0.4, 0.5) is 0 Å². The Morgan fingerprint density at radius 3 is 2.67 bits per heavy atom. The van der Waals surface area contributed by atoms with E-state index in [1.165, 1.54) is 12.8 Å². The maximum atomic E-state index is 12.0. The summed E-state index contributed by atoms with van der Waals surface area (Å²) < 4.78 is 0. The topological polar surface area (TPSA) is 61.6 Å². The normalized spacial score (nSPS) is 38.8. The highest BCUT2D eigenvalue weighted by Gasteiger charge is 2.48. The third-order valence-electron chi connectivity index (χ3n) is 5.74. The van der Waals surface area contributed by atoms with Crippen molar-refractivity contribution in [3.63, 3.8) is 0 Å². The Labute approximate surface area is 128 Å². The second-order valence-corrected chi connectivity index (χ2v) is 7.23. The SMILES string of the molecule is CCN1CCN(C2CCC(NC3CC3)(C(N)=O)C2)CC1C. The van der Waals surface area contributed by atoms with Gasteiger partial charge in [-0.05, 0) is 45.6 Å². The van der Waals surface area contributed by atoms with Gasteiger partial charge >= 0.3 is 0 Å². The highest BCUT2D eigenvalue weighted by molar-refractivity contribution is 5.85. The summed E-state index contributed by atoms with van der Waals surface area (Å²) in [5.41, 5.74) is 5.31. The largest absolute Gasteiger partial charge is 0.368 e. The minimum atomic E-state index is -0.434. The Morgan fingerprint density at radius 1 is 1.33 bits per heavy atom. The van der Waals surface area contributed by atoms with E-state index in [2.05, 4.69) is 29.0 Å². The van der Waals surface area contributed by atoms with Crippen LogP contribution in [0.2, 0.25) is 0 Å². The molecule has 1 saturated heterocycles. The summed E-state index contributed by atoms with van der Waals surface area (Å²) in [5.74, 6) is -0.142. The molecular formula is C16H30N4O. The molecular weight excluding hydrogens is 264 g/mol. The zero-order valence-corrected chi connectivity index (χ0v) is 13.5. The van der Waals surface area contributed by atoms with E-state index < -0.39 is 5.54 Å². The highest BCUT2D eigenvalue weighted by Crippen LogP contribution is 2.36. The van der Waals surface area contributed by atoms with Crippen LogP contribution in [0.25, 0.3) is 0 Å². The van der Waals surface area contributed by atoms with Crippen LogP contribution in [-0.4, -0.2) is 65.6 Å². The van der Waals surface area contributed by atoms with Crippen LogP contribution in [-0.2, 0) is 4.79 Å². The Balaban J connectivity index is 1.61. The molecule has 2 saturated carbocycles. The predicted octanol–water partition coefficient (Wildman–Crippen LogP) is 0.541. The number of hydrogen-bond donors (Lipinski definition) is 2. The molecule has 5 nitrogen and oxygen atoms in total. The van der Waals surface area contributed by atoms with Crippen molar-refractivity contribution < 1.29 is 4.79 Å². The number of hydrogen-bond acceptors (Lipinski definition) is 4. The number of carbonyl (C=O) groups is 1. The summed E-state index contributed by atoms with van der Waals surface area (Å²) in [5, 5.41) is 3.55.